The minimum atomic E-state index is -0.265. The summed E-state index contributed by atoms with van der Waals surface area (Å²) >= 11 is 0. The van der Waals surface area contributed by atoms with E-state index in [2.05, 4.69) is 10.4 Å². The van der Waals surface area contributed by atoms with E-state index in [4.69, 9.17) is 0 Å². The normalized spacial score (nSPS) is 13.8. The van der Waals surface area contributed by atoms with Gasteiger partial charge in [0, 0.05) is 24.5 Å². The van der Waals surface area contributed by atoms with Crippen molar-refractivity contribution in [3.8, 4) is 16.9 Å². The smallest absolute Gasteiger partial charge is 0.271 e. The molecule has 1 aliphatic rings. The van der Waals surface area contributed by atoms with E-state index >= 15 is 0 Å². The number of aromatic nitrogens is 3. The van der Waals surface area contributed by atoms with Crippen molar-refractivity contribution < 1.29 is 9.18 Å². The third kappa shape index (κ3) is 3.17. The Kier molecular flexibility index (Phi) is 3.97. The highest BCUT2D eigenvalue weighted by atomic mass is 19.1. The fourth-order valence-electron chi connectivity index (χ4n) is 3.33. The molecule has 5 rings (SSSR count). The van der Waals surface area contributed by atoms with Gasteiger partial charge in [0.1, 0.15) is 11.6 Å². The molecule has 0 unspecified atom stereocenters. The first kappa shape index (κ1) is 16.7. The topological polar surface area (TPSA) is 51.3 Å². The minimum absolute atomic E-state index is 0.146. The number of rotatable bonds is 5. The first-order chi connectivity index (χ1) is 13.7. The second-order valence-electron chi connectivity index (χ2n) is 7.21. The van der Waals surface area contributed by atoms with Gasteiger partial charge in [-0.05, 0) is 66.3 Å². The standard InChI is InChI=1S/C22H19FN4O/c23-18-3-1-2-16(12-18)17-6-7-19-8-9-21(26(19)14-17)27-11-10-20(25-27)22(28)24-13-15-4-5-15/h1-3,6-12,14-15H,4-5,13H2,(H,24,28). The summed E-state index contributed by atoms with van der Waals surface area (Å²) in [5.74, 6) is 1.03. The number of carbonyl (C=O) groups is 1. The second kappa shape index (κ2) is 6.64. The number of pyridine rings is 1. The quantitative estimate of drug-likeness (QED) is 0.572. The van der Waals surface area contributed by atoms with Crippen molar-refractivity contribution in [1.82, 2.24) is 19.5 Å². The molecule has 140 valence electrons. The number of fused-ring (bicyclic) bond motifs is 1. The highest BCUT2D eigenvalue weighted by molar-refractivity contribution is 5.92. The van der Waals surface area contributed by atoms with E-state index in [1.807, 2.05) is 40.9 Å². The molecular formula is C22H19FN4O. The summed E-state index contributed by atoms with van der Waals surface area (Å²) in [7, 11) is 0. The van der Waals surface area contributed by atoms with Crippen LogP contribution in [0.1, 0.15) is 23.3 Å². The number of benzene rings is 1. The summed E-state index contributed by atoms with van der Waals surface area (Å²) in [6.45, 7) is 0.719. The number of amides is 1. The van der Waals surface area contributed by atoms with Crippen LogP contribution in [0.25, 0.3) is 22.5 Å². The van der Waals surface area contributed by atoms with E-state index in [1.165, 1.54) is 25.0 Å². The average Bonchev–Trinajstić information content (AvgIpc) is 3.24. The van der Waals surface area contributed by atoms with Gasteiger partial charge in [0.15, 0.2) is 5.69 Å². The minimum Gasteiger partial charge on any atom is -0.350 e. The lowest BCUT2D eigenvalue weighted by atomic mass is 10.1. The monoisotopic (exact) mass is 374 g/mol. The Morgan fingerprint density at radius 2 is 1.96 bits per heavy atom. The zero-order valence-corrected chi connectivity index (χ0v) is 15.2. The Morgan fingerprint density at radius 1 is 1.11 bits per heavy atom. The lowest BCUT2D eigenvalue weighted by Gasteiger charge is -2.07. The van der Waals surface area contributed by atoms with Crippen LogP contribution in [0.5, 0.6) is 0 Å². The highest BCUT2D eigenvalue weighted by Crippen LogP contribution is 2.27. The van der Waals surface area contributed by atoms with Crippen LogP contribution in [0.2, 0.25) is 0 Å². The van der Waals surface area contributed by atoms with Gasteiger partial charge in [0.25, 0.3) is 5.91 Å². The van der Waals surface area contributed by atoms with Gasteiger partial charge < -0.3 is 9.72 Å². The molecule has 5 nitrogen and oxygen atoms in total. The lowest BCUT2D eigenvalue weighted by molar-refractivity contribution is 0.0946. The molecule has 1 fully saturated rings. The molecule has 3 aromatic heterocycles. The summed E-state index contributed by atoms with van der Waals surface area (Å²) in [5, 5.41) is 7.38. The average molecular weight is 374 g/mol. The highest BCUT2D eigenvalue weighted by Gasteiger charge is 2.22. The van der Waals surface area contributed by atoms with Crippen LogP contribution in [0, 0.1) is 11.7 Å². The number of hydrogen-bond donors (Lipinski definition) is 1. The molecule has 28 heavy (non-hydrogen) atoms. The summed E-state index contributed by atoms with van der Waals surface area (Å²) < 4.78 is 17.3. The lowest BCUT2D eigenvalue weighted by Crippen LogP contribution is -2.26. The van der Waals surface area contributed by atoms with Crippen molar-refractivity contribution in [2.45, 2.75) is 12.8 Å². The van der Waals surface area contributed by atoms with Gasteiger partial charge in [0.05, 0.1) is 0 Å². The predicted molar refractivity (Wildman–Crippen MR) is 105 cm³/mol. The number of halogens is 1. The van der Waals surface area contributed by atoms with Gasteiger partial charge in [0.2, 0.25) is 0 Å². The van der Waals surface area contributed by atoms with Crippen molar-refractivity contribution in [3.05, 3.63) is 78.5 Å². The third-order valence-corrected chi connectivity index (χ3v) is 5.09. The second-order valence-corrected chi connectivity index (χ2v) is 7.21. The van der Waals surface area contributed by atoms with Gasteiger partial charge in [-0.1, -0.05) is 18.2 Å². The van der Waals surface area contributed by atoms with Crippen LogP contribution >= 0.6 is 0 Å². The molecule has 1 saturated carbocycles. The molecule has 0 atom stereocenters. The zero-order chi connectivity index (χ0) is 19.1. The van der Waals surface area contributed by atoms with Crippen LogP contribution in [-0.4, -0.2) is 26.6 Å². The number of nitrogens with one attached hydrogen (secondary N) is 1. The number of nitrogens with zero attached hydrogens (tertiary/aromatic N) is 3. The zero-order valence-electron chi connectivity index (χ0n) is 15.2. The Morgan fingerprint density at radius 3 is 2.79 bits per heavy atom. The van der Waals surface area contributed by atoms with Crippen molar-refractivity contribution >= 4 is 11.4 Å². The molecule has 0 saturated heterocycles. The first-order valence-electron chi connectivity index (χ1n) is 9.39. The van der Waals surface area contributed by atoms with E-state index in [1.54, 1.807) is 23.0 Å². The number of hydrogen-bond acceptors (Lipinski definition) is 2. The largest absolute Gasteiger partial charge is 0.350 e. The van der Waals surface area contributed by atoms with Crippen molar-refractivity contribution in [1.29, 1.82) is 0 Å². The molecular weight excluding hydrogens is 355 g/mol. The molecule has 4 aromatic rings. The molecule has 1 aromatic carbocycles. The maximum atomic E-state index is 13.6. The maximum absolute atomic E-state index is 13.6. The summed E-state index contributed by atoms with van der Waals surface area (Å²) in [6.07, 6.45) is 6.12. The van der Waals surface area contributed by atoms with Crippen LogP contribution in [-0.2, 0) is 0 Å². The molecule has 1 aliphatic carbocycles. The van der Waals surface area contributed by atoms with Gasteiger partial charge in [-0.25, -0.2) is 9.07 Å². The molecule has 0 aliphatic heterocycles. The Hall–Kier alpha value is -3.41. The van der Waals surface area contributed by atoms with Crippen molar-refractivity contribution in [2.75, 3.05) is 6.54 Å². The van der Waals surface area contributed by atoms with Crippen molar-refractivity contribution in [2.24, 2.45) is 5.92 Å². The Labute approximate surface area is 161 Å². The summed E-state index contributed by atoms with van der Waals surface area (Å²) in [5.41, 5.74) is 3.10. The van der Waals surface area contributed by atoms with E-state index < -0.39 is 0 Å². The Balaban J connectivity index is 1.47. The fraction of sp³-hybridized carbons (Fsp3) is 0.182. The SMILES string of the molecule is O=C(NCC1CC1)c1ccn(-c2ccc3ccc(-c4cccc(F)c4)cn23)n1. The summed E-state index contributed by atoms with van der Waals surface area (Å²) in [4.78, 5) is 12.3. The van der Waals surface area contributed by atoms with Crippen molar-refractivity contribution in [3.63, 3.8) is 0 Å². The third-order valence-electron chi connectivity index (χ3n) is 5.09. The number of carbonyl (C=O) groups excluding carboxylic acids is 1. The van der Waals surface area contributed by atoms with Gasteiger partial charge in [-0.15, -0.1) is 0 Å². The van der Waals surface area contributed by atoms with Crippen LogP contribution in [0.4, 0.5) is 4.39 Å². The fourth-order valence-corrected chi connectivity index (χ4v) is 3.33. The Bertz CT molecular complexity index is 1170. The molecule has 1 amide bonds. The van der Waals surface area contributed by atoms with Gasteiger partial charge in [-0.3, -0.25) is 4.79 Å². The molecule has 6 heteroatoms. The van der Waals surface area contributed by atoms with Crippen LogP contribution in [0.3, 0.4) is 0 Å². The van der Waals surface area contributed by atoms with E-state index in [0.717, 1.165) is 29.0 Å². The maximum Gasteiger partial charge on any atom is 0.271 e. The molecule has 3 heterocycles. The first-order valence-corrected chi connectivity index (χ1v) is 9.39. The molecule has 0 radical (unpaired) electrons. The van der Waals surface area contributed by atoms with E-state index in [9.17, 15) is 9.18 Å². The van der Waals surface area contributed by atoms with E-state index in [-0.39, 0.29) is 11.7 Å². The van der Waals surface area contributed by atoms with Crippen LogP contribution in [0.15, 0.2) is 67.0 Å². The van der Waals surface area contributed by atoms with E-state index in [0.29, 0.717) is 11.6 Å². The molecule has 0 bridgehead atoms. The predicted octanol–water partition coefficient (Wildman–Crippen LogP) is 4.07. The summed E-state index contributed by atoms with van der Waals surface area (Å²) in [6, 6.07) is 16.1. The molecule has 1 N–H and O–H groups in total. The van der Waals surface area contributed by atoms with Crippen LogP contribution < -0.4 is 5.32 Å². The molecule has 0 spiro atoms. The van der Waals surface area contributed by atoms with Gasteiger partial charge >= 0.3 is 0 Å². The van der Waals surface area contributed by atoms with Gasteiger partial charge in [-0.2, -0.15) is 5.10 Å².